The molecule has 0 aromatic carbocycles. The molecule has 6 nitrogen and oxygen atoms in total. The highest BCUT2D eigenvalue weighted by Crippen LogP contribution is 2.57. The lowest BCUT2D eigenvalue weighted by atomic mass is 9.52. The fraction of sp³-hybridized carbons (Fsp3) is 0.737. The van der Waals surface area contributed by atoms with Crippen LogP contribution in [0.15, 0.2) is 6.20 Å². The van der Waals surface area contributed by atoms with Gasteiger partial charge in [0.1, 0.15) is 0 Å². The van der Waals surface area contributed by atoms with Crippen LogP contribution >= 0.6 is 0 Å². The first-order chi connectivity index (χ1) is 11.9. The van der Waals surface area contributed by atoms with Crippen molar-refractivity contribution >= 4 is 11.9 Å². The molecule has 5 aliphatic carbocycles. The second-order valence-corrected chi connectivity index (χ2v) is 8.90. The summed E-state index contributed by atoms with van der Waals surface area (Å²) in [6.07, 6.45) is 8.98. The van der Waals surface area contributed by atoms with Gasteiger partial charge in [0.2, 0.25) is 5.95 Å². The first-order valence-electron chi connectivity index (χ1n) is 9.55. The van der Waals surface area contributed by atoms with Gasteiger partial charge in [-0.3, -0.25) is 4.79 Å². The van der Waals surface area contributed by atoms with Gasteiger partial charge in [-0.15, -0.1) is 0 Å². The summed E-state index contributed by atoms with van der Waals surface area (Å²) in [5, 5.41) is 10.8. The molecule has 0 saturated heterocycles. The molecule has 3 N–H and O–H groups in total. The normalized spacial score (nSPS) is 38.8. The molecule has 5 fully saturated rings. The molecule has 1 amide bonds. The lowest BCUT2D eigenvalue weighted by molar-refractivity contribution is -0.133. The predicted octanol–water partition coefficient (Wildman–Crippen LogP) is 1.83. The van der Waals surface area contributed by atoms with E-state index in [4.69, 9.17) is 10.7 Å². The molecule has 4 bridgehead atoms. The summed E-state index contributed by atoms with van der Waals surface area (Å²) in [5.74, 6) is 2.35. The van der Waals surface area contributed by atoms with Gasteiger partial charge in [-0.25, -0.2) is 9.97 Å². The second-order valence-electron chi connectivity index (χ2n) is 8.90. The predicted molar refractivity (Wildman–Crippen MR) is 93.2 cm³/mol. The number of hydrogen-bond donors (Lipinski definition) is 2. The molecular weight excluding hydrogens is 316 g/mol. The van der Waals surface area contributed by atoms with E-state index in [9.17, 15) is 9.90 Å². The fourth-order valence-electron chi connectivity index (χ4n) is 6.13. The first kappa shape index (κ1) is 15.6. The molecule has 1 aromatic rings. The number of primary amides is 1. The SMILES string of the molecule is CN(c1ncc(C(N)=O)c(C2CC2)n1)C1C2CC3CC1CC(O)(C3)C2. The Labute approximate surface area is 147 Å². The minimum absolute atomic E-state index is 0.358. The topological polar surface area (TPSA) is 92.3 Å². The maximum atomic E-state index is 11.7. The Hall–Kier alpha value is -1.69. The van der Waals surface area contributed by atoms with Gasteiger partial charge >= 0.3 is 0 Å². The van der Waals surface area contributed by atoms with Crippen molar-refractivity contribution in [2.24, 2.45) is 23.5 Å². The van der Waals surface area contributed by atoms with E-state index in [0.717, 1.165) is 37.8 Å². The molecule has 2 unspecified atom stereocenters. The molecule has 5 saturated carbocycles. The van der Waals surface area contributed by atoms with Crippen molar-refractivity contribution in [2.45, 2.75) is 62.5 Å². The molecule has 134 valence electrons. The first-order valence-corrected chi connectivity index (χ1v) is 9.55. The maximum Gasteiger partial charge on any atom is 0.252 e. The number of carbonyl (C=O) groups excluding carboxylic acids is 1. The van der Waals surface area contributed by atoms with E-state index in [1.807, 2.05) is 0 Å². The van der Waals surface area contributed by atoms with Crippen LogP contribution < -0.4 is 10.6 Å². The zero-order valence-corrected chi connectivity index (χ0v) is 14.7. The highest BCUT2D eigenvalue weighted by atomic mass is 16.3. The fourth-order valence-corrected chi connectivity index (χ4v) is 6.13. The molecular formula is C19H26N4O2. The van der Waals surface area contributed by atoms with E-state index in [2.05, 4.69) is 16.9 Å². The Morgan fingerprint density at radius 3 is 2.52 bits per heavy atom. The molecule has 1 heterocycles. The number of hydrogen-bond acceptors (Lipinski definition) is 5. The maximum absolute atomic E-state index is 11.7. The molecule has 5 aliphatic rings. The van der Waals surface area contributed by atoms with Gasteiger partial charge in [0.05, 0.1) is 16.9 Å². The third-order valence-electron chi connectivity index (χ3n) is 6.99. The van der Waals surface area contributed by atoms with Gasteiger partial charge < -0.3 is 15.7 Å². The van der Waals surface area contributed by atoms with Gasteiger partial charge in [-0.05, 0) is 62.7 Å². The number of carbonyl (C=O) groups is 1. The molecule has 0 aliphatic heterocycles. The minimum atomic E-state index is -0.437. The number of aromatic nitrogens is 2. The summed E-state index contributed by atoms with van der Waals surface area (Å²) in [6.45, 7) is 0. The monoisotopic (exact) mass is 342 g/mol. The van der Waals surface area contributed by atoms with Crippen molar-refractivity contribution in [2.75, 3.05) is 11.9 Å². The van der Waals surface area contributed by atoms with Gasteiger partial charge in [0.15, 0.2) is 0 Å². The summed E-state index contributed by atoms with van der Waals surface area (Å²) in [4.78, 5) is 23.1. The zero-order chi connectivity index (χ0) is 17.3. The second kappa shape index (κ2) is 5.16. The van der Waals surface area contributed by atoms with Crippen LogP contribution in [-0.4, -0.2) is 39.7 Å². The van der Waals surface area contributed by atoms with Crippen LogP contribution in [0.5, 0.6) is 0 Å². The smallest absolute Gasteiger partial charge is 0.252 e. The van der Waals surface area contributed by atoms with Crippen molar-refractivity contribution < 1.29 is 9.90 Å². The highest BCUT2D eigenvalue weighted by molar-refractivity contribution is 5.94. The largest absolute Gasteiger partial charge is 0.390 e. The van der Waals surface area contributed by atoms with Gasteiger partial charge in [-0.2, -0.15) is 0 Å². The van der Waals surface area contributed by atoms with Crippen LogP contribution in [0, 0.1) is 17.8 Å². The average molecular weight is 342 g/mol. The van der Waals surface area contributed by atoms with Crippen LogP contribution in [0.2, 0.25) is 0 Å². The quantitative estimate of drug-likeness (QED) is 0.871. The Bertz CT molecular complexity index is 716. The molecule has 0 spiro atoms. The van der Waals surface area contributed by atoms with Gasteiger partial charge in [0.25, 0.3) is 5.91 Å². The van der Waals surface area contributed by atoms with Crippen molar-refractivity contribution in [3.63, 3.8) is 0 Å². The molecule has 1 aromatic heterocycles. The number of rotatable bonds is 4. The Balaban J connectivity index is 1.46. The zero-order valence-electron chi connectivity index (χ0n) is 14.7. The van der Waals surface area contributed by atoms with E-state index < -0.39 is 11.5 Å². The highest BCUT2D eigenvalue weighted by Gasteiger charge is 2.56. The summed E-state index contributed by atoms with van der Waals surface area (Å²) in [5.41, 5.74) is 6.37. The van der Waals surface area contributed by atoms with E-state index in [1.54, 1.807) is 6.20 Å². The third kappa shape index (κ3) is 2.45. The van der Waals surface area contributed by atoms with E-state index in [-0.39, 0.29) is 0 Å². The minimum Gasteiger partial charge on any atom is -0.390 e. The lowest BCUT2D eigenvalue weighted by Crippen LogP contribution is -2.61. The van der Waals surface area contributed by atoms with Crippen molar-refractivity contribution in [3.8, 4) is 0 Å². The number of nitrogens with zero attached hydrogens (tertiary/aromatic N) is 3. The Morgan fingerprint density at radius 1 is 1.28 bits per heavy atom. The van der Waals surface area contributed by atoms with Gasteiger partial charge in [-0.1, -0.05) is 0 Å². The number of anilines is 1. The van der Waals surface area contributed by atoms with E-state index >= 15 is 0 Å². The number of aliphatic hydroxyl groups is 1. The lowest BCUT2D eigenvalue weighted by Gasteiger charge is -2.59. The van der Waals surface area contributed by atoms with Crippen molar-refractivity contribution in [3.05, 3.63) is 17.5 Å². The number of nitrogens with two attached hydrogens (primary N) is 1. The van der Waals surface area contributed by atoms with Gasteiger partial charge in [0, 0.05) is 25.2 Å². The number of amides is 1. The standard InChI is InChI=1S/C19H26N4O2/c1-23(16-12-4-10-5-13(16)8-19(25,6-10)7-12)18-21-9-14(17(20)24)15(22-18)11-2-3-11/h9-13,16,25H,2-8H2,1H3,(H2,20,24). The third-order valence-corrected chi connectivity index (χ3v) is 6.99. The molecule has 6 heteroatoms. The Morgan fingerprint density at radius 2 is 1.96 bits per heavy atom. The van der Waals surface area contributed by atoms with Crippen LogP contribution in [0.4, 0.5) is 5.95 Å². The van der Waals surface area contributed by atoms with E-state index in [1.165, 1.54) is 12.8 Å². The summed E-state index contributed by atoms with van der Waals surface area (Å²) in [6, 6.07) is 0.392. The van der Waals surface area contributed by atoms with E-state index in [0.29, 0.717) is 41.2 Å². The molecule has 6 rings (SSSR count). The van der Waals surface area contributed by atoms with Crippen molar-refractivity contribution in [1.82, 2.24) is 9.97 Å². The van der Waals surface area contributed by atoms with Crippen LogP contribution in [0.25, 0.3) is 0 Å². The molecule has 2 atom stereocenters. The van der Waals surface area contributed by atoms with Crippen molar-refractivity contribution in [1.29, 1.82) is 0 Å². The van der Waals surface area contributed by atoms with Crippen LogP contribution in [-0.2, 0) is 0 Å². The summed E-state index contributed by atoms with van der Waals surface area (Å²) < 4.78 is 0. The van der Waals surface area contributed by atoms with Crippen LogP contribution in [0.3, 0.4) is 0 Å². The summed E-state index contributed by atoms with van der Waals surface area (Å²) in [7, 11) is 2.08. The average Bonchev–Trinajstić information content (AvgIpc) is 3.36. The summed E-state index contributed by atoms with van der Waals surface area (Å²) >= 11 is 0. The van der Waals surface area contributed by atoms with Crippen LogP contribution in [0.1, 0.15) is 66.9 Å². The molecule has 0 radical (unpaired) electrons. The Kier molecular flexibility index (Phi) is 3.21. The molecule has 25 heavy (non-hydrogen) atoms.